The predicted molar refractivity (Wildman–Crippen MR) is 76.2 cm³/mol. The molecule has 0 saturated carbocycles. The van der Waals surface area contributed by atoms with Gasteiger partial charge in [0.05, 0.1) is 0 Å². The number of aryl methyl sites for hydroxylation is 1. The van der Waals surface area contributed by atoms with Crippen LogP contribution in [-0.2, 0) is 17.8 Å². The summed E-state index contributed by atoms with van der Waals surface area (Å²) in [5.74, 6) is 0.714. The van der Waals surface area contributed by atoms with Crippen LogP contribution in [0, 0.1) is 5.82 Å². The highest BCUT2D eigenvalue weighted by molar-refractivity contribution is 5.75. The van der Waals surface area contributed by atoms with Gasteiger partial charge in [-0.3, -0.25) is 0 Å². The first-order valence-corrected chi connectivity index (χ1v) is 6.59. The van der Waals surface area contributed by atoms with E-state index in [9.17, 15) is 9.18 Å². The van der Waals surface area contributed by atoms with Crippen molar-refractivity contribution in [3.63, 3.8) is 0 Å². The number of Topliss-reactive ketones (excluding diaryl/α,β-unsaturated/α-hetero) is 1. The third kappa shape index (κ3) is 4.50. The maximum Gasteiger partial charge on any atom is 0.130 e. The Hall–Kier alpha value is -2.16. The van der Waals surface area contributed by atoms with E-state index in [-0.39, 0.29) is 11.6 Å². The van der Waals surface area contributed by atoms with Crippen LogP contribution < -0.4 is 4.74 Å². The first-order chi connectivity index (χ1) is 9.63. The zero-order valence-corrected chi connectivity index (χ0v) is 11.4. The van der Waals surface area contributed by atoms with Crippen molar-refractivity contribution in [2.24, 2.45) is 0 Å². The molecule has 0 radical (unpaired) electrons. The minimum atomic E-state index is -0.247. The van der Waals surface area contributed by atoms with Crippen LogP contribution in [0.5, 0.6) is 5.75 Å². The van der Waals surface area contributed by atoms with Gasteiger partial charge in [0.25, 0.3) is 0 Å². The molecule has 2 aromatic rings. The number of ketones is 1. The van der Waals surface area contributed by atoms with E-state index in [2.05, 4.69) is 0 Å². The quantitative estimate of drug-likeness (QED) is 0.796. The normalized spacial score (nSPS) is 10.3. The van der Waals surface area contributed by atoms with Crippen LogP contribution in [0.4, 0.5) is 4.39 Å². The summed E-state index contributed by atoms with van der Waals surface area (Å²) in [6.45, 7) is 2.01. The highest BCUT2D eigenvalue weighted by Gasteiger charge is 1.99. The van der Waals surface area contributed by atoms with Crippen molar-refractivity contribution in [2.45, 2.75) is 26.4 Å². The van der Waals surface area contributed by atoms with E-state index in [1.54, 1.807) is 19.1 Å². The van der Waals surface area contributed by atoms with Crippen LogP contribution in [0.1, 0.15) is 24.5 Å². The molecular formula is C17H17FO2. The lowest BCUT2D eigenvalue weighted by Gasteiger charge is -2.07. The van der Waals surface area contributed by atoms with Crippen molar-refractivity contribution in [2.75, 3.05) is 0 Å². The summed E-state index contributed by atoms with van der Waals surface area (Å²) in [6.07, 6.45) is 1.32. The molecule has 0 spiro atoms. The van der Waals surface area contributed by atoms with E-state index < -0.39 is 0 Å². The van der Waals surface area contributed by atoms with Gasteiger partial charge in [0.1, 0.15) is 24.0 Å². The molecule has 2 aromatic carbocycles. The first kappa shape index (κ1) is 14.3. The van der Waals surface area contributed by atoms with Crippen LogP contribution in [0.15, 0.2) is 48.5 Å². The molecule has 0 aliphatic rings. The van der Waals surface area contributed by atoms with Crippen molar-refractivity contribution >= 4 is 5.78 Å². The Kier molecular flexibility index (Phi) is 4.88. The number of benzene rings is 2. The zero-order chi connectivity index (χ0) is 14.4. The Labute approximate surface area is 118 Å². The number of ether oxygens (including phenoxy) is 1. The summed E-state index contributed by atoms with van der Waals surface area (Å²) >= 11 is 0. The molecule has 0 aromatic heterocycles. The molecule has 2 nitrogen and oxygen atoms in total. The third-order valence-electron chi connectivity index (χ3n) is 3.01. The van der Waals surface area contributed by atoms with Gasteiger partial charge in [-0.15, -0.1) is 0 Å². The lowest BCUT2D eigenvalue weighted by Crippen LogP contribution is -1.96. The smallest absolute Gasteiger partial charge is 0.130 e. The summed E-state index contributed by atoms with van der Waals surface area (Å²) < 4.78 is 18.4. The molecule has 0 aliphatic heterocycles. The van der Waals surface area contributed by atoms with Crippen molar-refractivity contribution in [3.05, 3.63) is 65.5 Å². The van der Waals surface area contributed by atoms with E-state index in [0.717, 1.165) is 23.3 Å². The monoisotopic (exact) mass is 272 g/mol. The van der Waals surface area contributed by atoms with Crippen molar-refractivity contribution in [1.29, 1.82) is 0 Å². The maximum atomic E-state index is 12.8. The van der Waals surface area contributed by atoms with E-state index in [1.165, 1.54) is 12.1 Å². The first-order valence-electron chi connectivity index (χ1n) is 6.59. The molecule has 0 fully saturated rings. The SMILES string of the molecule is CC(=O)CCc1ccc(OCc2ccc(F)cc2)cc1. The largest absolute Gasteiger partial charge is 0.489 e. The second kappa shape index (κ2) is 6.85. The standard InChI is InChI=1S/C17H17FO2/c1-13(19)2-3-14-6-10-17(11-7-14)20-12-15-4-8-16(18)9-5-15/h4-11H,2-3,12H2,1H3. The van der Waals surface area contributed by atoms with Gasteiger partial charge in [-0.05, 0) is 48.7 Å². The molecule has 3 heteroatoms. The molecular weight excluding hydrogens is 255 g/mol. The van der Waals surface area contributed by atoms with Gasteiger partial charge in [0.15, 0.2) is 0 Å². The average molecular weight is 272 g/mol. The van der Waals surface area contributed by atoms with E-state index >= 15 is 0 Å². The van der Waals surface area contributed by atoms with Crippen LogP contribution in [0.2, 0.25) is 0 Å². The minimum absolute atomic E-state index is 0.196. The lowest BCUT2D eigenvalue weighted by atomic mass is 10.1. The molecule has 0 heterocycles. The summed E-state index contributed by atoms with van der Waals surface area (Å²) in [5.41, 5.74) is 2.04. The average Bonchev–Trinajstić information content (AvgIpc) is 2.45. The molecule has 0 N–H and O–H groups in total. The Balaban J connectivity index is 1.87. The van der Waals surface area contributed by atoms with E-state index in [4.69, 9.17) is 4.74 Å². The molecule has 0 bridgehead atoms. The van der Waals surface area contributed by atoms with Gasteiger partial charge in [-0.2, -0.15) is 0 Å². The number of rotatable bonds is 6. The zero-order valence-electron chi connectivity index (χ0n) is 11.4. The predicted octanol–water partition coefficient (Wildman–Crippen LogP) is 3.93. The fraction of sp³-hybridized carbons (Fsp3) is 0.235. The van der Waals surface area contributed by atoms with Gasteiger partial charge in [-0.25, -0.2) is 4.39 Å². The Morgan fingerprint density at radius 2 is 1.60 bits per heavy atom. The summed E-state index contributed by atoms with van der Waals surface area (Å²) in [7, 11) is 0. The third-order valence-corrected chi connectivity index (χ3v) is 3.01. The van der Waals surface area contributed by atoms with Crippen LogP contribution in [-0.4, -0.2) is 5.78 Å². The maximum absolute atomic E-state index is 12.8. The molecule has 0 saturated heterocycles. The molecule has 2 rings (SSSR count). The Morgan fingerprint density at radius 1 is 1.00 bits per heavy atom. The second-order valence-corrected chi connectivity index (χ2v) is 4.76. The van der Waals surface area contributed by atoms with Crippen LogP contribution >= 0.6 is 0 Å². The molecule has 0 amide bonds. The highest BCUT2D eigenvalue weighted by Crippen LogP contribution is 2.15. The molecule has 0 unspecified atom stereocenters. The minimum Gasteiger partial charge on any atom is -0.489 e. The highest BCUT2D eigenvalue weighted by atomic mass is 19.1. The van der Waals surface area contributed by atoms with Crippen molar-refractivity contribution in [3.8, 4) is 5.75 Å². The van der Waals surface area contributed by atoms with Gasteiger partial charge in [0, 0.05) is 6.42 Å². The number of hydrogen-bond donors (Lipinski definition) is 0. The van der Waals surface area contributed by atoms with Gasteiger partial charge < -0.3 is 9.53 Å². The lowest BCUT2D eigenvalue weighted by molar-refractivity contribution is -0.116. The number of halogens is 1. The molecule has 0 aliphatic carbocycles. The van der Waals surface area contributed by atoms with Crippen molar-refractivity contribution in [1.82, 2.24) is 0 Å². The fourth-order valence-corrected chi connectivity index (χ4v) is 1.82. The summed E-state index contributed by atoms with van der Waals surface area (Å²) in [4.78, 5) is 10.9. The van der Waals surface area contributed by atoms with Gasteiger partial charge in [-0.1, -0.05) is 24.3 Å². The number of carbonyl (C=O) groups is 1. The summed E-state index contributed by atoms with van der Waals surface area (Å²) in [6, 6.07) is 13.9. The topological polar surface area (TPSA) is 26.3 Å². The van der Waals surface area contributed by atoms with Crippen LogP contribution in [0.25, 0.3) is 0 Å². The van der Waals surface area contributed by atoms with E-state index in [0.29, 0.717) is 13.0 Å². The Morgan fingerprint density at radius 3 is 2.20 bits per heavy atom. The molecule has 104 valence electrons. The van der Waals surface area contributed by atoms with Gasteiger partial charge in [0.2, 0.25) is 0 Å². The van der Waals surface area contributed by atoms with Gasteiger partial charge >= 0.3 is 0 Å². The second-order valence-electron chi connectivity index (χ2n) is 4.76. The van der Waals surface area contributed by atoms with E-state index in [1.807, 2.05) is 24.3 Å². The Bertz CT molecular complexity index is 559. The summed E-state index contributed by atoms with van der Waals surface area (Å²) in [5, 5.41) is 0. The van der Waals surface area contributed by atoms with Crippen molar-refractivity contribution < 1.29 is 13.9 Å². The number of hydrogen-bond acceptors (Lipinski definition) is 2. The number of carbonyl (C=O) groups excluding carboxylic acids is 1. The molecule has 20 heavy (non-hydrogen) atoms. The molecule has 0 atom stereocenters. The fourth-order valence-electron chi connectivity index (χ4n) is 1.82. The van der Waals surface area contributed by atoms with Crippen LogP contribution in [0.3, 0.4) is 0 Å².